The molecule has 0 saturated heterocycles. The summed E-state index contributed by atoms with van der Waals surface area (Å²) in [6.45, 7) is 0. The van der Waals surface area contributed by atoms with Gasteiger partial charge in [-0.3, -0.25) is 0 Å². The number of hydrogen-bond donors (Lipinski definition) is 0. The van der Waals surface area contributed by atoms with Crippen molar-refractivity contribution in [2.75, 3.05) is 0 Å². The summed E-state index contributed by atoms with van der Waals surface area (Å²) in [5, 5.41) is 10.7. The summed E-state index contributed by atoms with van der Waals surface area (Å²) in [6.07, 6.45) is 2.41. The summed E-state index contributed by atoms with van der Waals surface area (Å²) < 4.78 is 0. The van der Waals surface area contributed by atoms with Crippen molar-refractivity contribution in [2.24, 2.45) is 0 Å². The smallest absolute Gasteiger partial charge is 0.115 e. The second-order valence-electron chi connectivity index (χ2n) is 6.30. The minimum Gasteiger partial charge on any atom is -0.245 e. The molecule has 3 aromatic rings. The summed E-state index contributed by atoms with van der Waals surface area (Å²) in [6, 6.07) is 25.0. The van der Waals surface area contributed by atoms with Crippen molar-refractivity contribution in [3.63, 3.8) is 0 Å². The van der Waals surface area contributed by atoms with Crippen molar-refractivity contribution in [2.45, 2.75) is 29.5 Å². The Morgan fingerprint density at radius 3 is 2.32 bits per heavy atom. The van der Waals surface area contributed by atoms with Crippen LogP contribution in [0.3, 0.4) is 0 Å². The third-order valence-electron chi connectivity index (χ3n) is 4.42. The number of thioether (sulfide) groups is 1. The van der Waals surface area contributed by atoms with Gasteiger partial charge in [0.1, 0.15) is 11.1 Å². The summed E-state index contributed by atoms with van der Waals surface area (Å²) >= 11 is 1.66. The third-order valence-corrected chi connectivity index (χ3v) is 5.46. The van der Waals surface area contributed by atoms with Gasteiger partial charge in [-0.1, -0.05) is 60.7 Å². The third kappa shape index (κ3) is 3.60. The lowest BCUT2D eigenvalue weighted by molar-refractivity contribution is 0.955. The molecule has 1 heterocycles. The molecule has 0 aliphatic heterocycles. The van der Waals surface area contributed by atoms with E-state index in [-0.39, 0.29) is 0 Å². The van der Waals surface area contributed by atoms with Crippen molar-refractivity contribution in [3.05, 3.63) is 83.6 Å². The molecule has 4 rings (SSSR count). The maximum atomic E-state index is 9.80. The summed E-state index contributed by atoms with van der Waals surface area (Å²) in [5.41, 5.74) is 5.17. The van der Waals surface area contributed by atoms with E-state index in [1.54, 1.807) is 11.8 Å². The molecule has 0 spiro atoms. The van der Waals surface area contributed by atoms with E-state index in [9.17, 15) is 5.26 Å². The Bertz CT molecular complexity index is 910. The number of hydrogen-bond acceptors (Lipinski definition) is 3. The van der Waals surface area contributed by atoms with Crippen LogP contribution in [0.5, 0.6) is 0 Å². The van der Waals surface area contributed by atoms with Crippen LogP contribution in [-0.2, 0) is 5.75 Å². The predicted octanol–water partition coefficient (Wildman–Crippen LogP) is 5.79. The molecular formula is C22H18N2S. The number of benzene rings is 2. The molecule has 1 aromatic heterocycles. The van der Waals surface area contributed by atoms with Gasteiger partial charge < -0.3 is 0 Å². The van der Waals surface area contributed by atoms with Crippen LogP contribution in [0.15, 0.2) is 71.8 Å². The minimum atomic E-state index is 0.561. The molecule has 25 heavy (non-hydrogen) atoms. The first-order chi connectivity index (χ1) is 12.3. The van der Waals surface area contributed by atoms with Crippen molar-refractivity contribution < 1.29 is 0 Å². The standard InChI is InChI=1S/C22H18N2S/c23-14-20-19(17-9-5-2-6-10-17)13-21(18-11-12-18)24-22(20)25-15-16-7-3-1-4-8-16/h1-10,13,18H,11-12,15H2. The highest BCUT2D eigenvalue weighted by molar-refractivity contribution is 7.98. The van der Waals surface area contributed by atoms with Gasteiger partial charge in [0.25, 0.3) is 0 Å². The highest BCUT2D eigenvalue weighted by Gasteiger charge is 2.27. The minimum absolute atomic E-state index is 0.561. The largest absolute Gasteiger partial charge is 0.245 e. The summed E-state index contributed by atoms with van der Waals surface area (Å²) in [4.78, 5) is 4.85. The molecule has 0 N–H and O–H groups in total. The average Bonchev–Trinajstić information content (AvgIpc) is 3.52. The molecule has 0 atom stereocenters. The van der Waals surface area contributed by atoms with Crippen LogP contribution in [0.1, 0.15) is 35.6 Å². The second-order valence-corrected chi connectivity index (χ2v) is 7.27. The first-order valence-corrected chi connectivity index (χ1v) is 9.51. The maximum absolute atomic E-state index is 9.80. The molecule has 2 aromatic carbocycles. The number of aromatic nitrogens is 1. The van der Waals surface area contributed by atoms with E-state index in [0.29, 0.717) is 11.5 Å². The fourth-order valence-electron chi connectivity index (χ4n) is 2.91. The Morgan fingerprint density at radius 1 is 1.00 bits per heavy atom. The zero-order valence-electron chi connectivity index (χ0n) is 13.9. The van der Waals surface area contributed by atoms with Crippen LogP contribution in [0, 0.1) is 11.3 Å². The molecule has 1 saturated carbocycles. The topological polar surface area (TPSA) is 36.7 Å². The van der Waals surface area contributed by atoms with E-state index in [4.69, 9.17) is 4.98 Å². The highest BCUT2D eigenvalue weighted by atomic mass is 32.2. The van der Waals surface area contributed by atoms with E-state index < -0.39 is 0 Å². The molecule has 0 bridgehead atoms. The van der Waals surface area contributed by atoms with Gasteiger partial charge in [-0.25, -0.2) is 4.98 Å². The Labute approximate surface area is 152 Å². The van der Waals surface area contributed by atoms with Gasteiger partial charge in [0.2, 0.25) is 0 Å². The lowest BCUT2D eigenvalue weighted by Crippen LogP contribution is -1.97. The van der Waals surface area contributed by atoms with Crippen molar-refractivity contribution in [1.82, 2.24) is 4.98 Å². The number of nitriles is 1. The Morgan fingerprint density at radius 2 is 1.68 bits per heavy atom. The molecule has 1 fully saturated rings. The van der Waals surface area contributed by atoms with Crippen molar-refractivity contribution in [1.29, 1.82) is 5.26 Å². The van der Waals surface area contributed by atoms with Crippen LogP contribution in [0.25, 0.3) is 11.1 Å². The second kappa shape index (κ2) is 7.13. The first kappa shape index (κ1) is 15.9. The van der Waals surface area contributed by atoms with Gasteiger partial charge >= 0.3 is 0 Å². The molecule has 1 aliphatic carbocycles. The summed E-state index contributed by atoms with van der Waals surface area (Å²) in [7, 11) is 0. The SMILES string of the molecule is N#Cc1c(-c2ccccc2)cc(C2CC2)nc1SCc1ccccc1. The monoisotopic (exact) mass is 342 g/mol. The first-order valence-electron chi connectivity index (χ1n) is 8.52. The van der Waals surface area contributed by atoms with Gasteiger partial charge in [-0.2, -0.15) is 5.26 Å². The highest BCUT2D eigenvalue weighted by Crippen LogP contribution is 2.42. The van der Waals surface area contributed by atoms with E-state index in [2.05, 4.69) is 36.4 Å². The molecule has 3 heteroatoms. The van der Waals surface area contributed by atoms with Gasteiger partial charge in [-0.05, 0) is 30.0 Å². The molecule has 122 valence electrons. The van der Waals surface area contributed by atoms with E-state index in [1.807, 2.05) is 36.4 Å². The zero-order chi connectivity index (χ0) is 17.1. The van der Waals surface area contributed by atoms with E-state index in [0.717, 1.165) is 27.6 Å². The van der Waals surface area contributed by atoms with Crippen LogP contribution in [0.4, 0.5) is 0 Å². The van der Waals surface area contributed by atoms with Gasteiger partial charge in [0.15, 0.2) is 0 Å². The quantitative estimate of drug-likeness (QED) is 0.551. The van der Waals surface area contributed by atoms with Crippen molar-refractivity contribution in [3.8, 4) is 17.2 Å². The Balaban J connectivity index is 1.74. The Kier molecular flexibility index (Phi) is 4.54. The maximum Gasteiger partial charge on any atom is 0.115 e. The normalized spacial score (nSPS) is 13.4. The molecule has 0 radical (unpaired) electrons. The van der Waals surface area contributed by atoms with Crippen LogP contribution in [0.2, 0.25) is 0 Å². The van der Waals surface area contributed by atoms with E-state index in [1.165, 1.54) is 18.4 Å². The van der Waals surface area contributed by atoms with E-state index >= 15 is 0 Å². The molecule has 2 nitrogen and oxygen atoms in total. The lowest BCUT2D eigenvalue weighted by atomic mass is 10.0. The lowest BCUT2D eigenvalue weighted by Gasteiger charge is -2.12. The number of pyridine rings is 1. The van der Waals surface area contributed by atoms with Crippen molar-refractivity contribution >= 4 is 11.8 Å². The molecule has 0 unspecified atom stereocenters. The van der Waals surface area contributed by atoms with Gasteiger partial charge in [-0.15, -0.1) is 11.8 Å². The fourth-order valence-corrected chi connectivity index (χ4v) is 3.88. The fraction of sp³-hybridized carbons (Fsp3) is 0.182. The molecule has 0 amide bonds. The van der Waals surface area contributed by atoms with Crippen LogP contribution >= 0.6 is 11.8 Å². The molecular weight excluding hydrogens is 324 g/mol. The number of rotatable bonds is 5. The van der Waals surface area contributed by atoms with Crippen LogP contribution < -0.4 is 0 Å². The zero-order valence-corrected chi connectivity index (χ0v) is 14.7. The Hall–Kier alpha value is -2.57. The van der Waals surface area contributed by atoms with Crippen LogP contribution in [-0.4, -0.2) is 4.98 Å². The van der Waals surface area contributed by atoms with Gasteiger partial charge in [0.05, 0.1) is 5.56 Å². The average molecular weight is 342 g/mol. The predicted molar refractivity (Wildman–Crippen MR) is 102 cm³/mol. The summed E-state index contributed by atoms with van der Waals surface area (Å²) in [5.74, 6) is 1.39. The van der Waals surface area contributed by atoms with Gasteiger partial charge in [0, 0.05) is 22.9 Å². The number of nitrogens with zero attached hydrogens (tertiary/aromatic N) is 2. The molecule has 1 aliphatic rings.